The quantitative estimate of drug-likeness (QED) is 0.394. The number of carbonyl (C=O) groups excluding carboxylic acids is 1. The van der Waals surface area contributed by atoms with Crippen LogP contribution in [-0.4, -0.2) is 39.7 Å². The molecule has 32 heavy (non-hydrogen) atoms. The van der Waals surface area contributed by atoms with Crippen molar-refractivity contribution in [3.63, 3.8) is 0 Å². The minimum absolute atomic E-state index is 0.137. The molecule has 7 nitrogen and oxygen atoms in total. The lowest BCUT2D eigenvalue weighted by atomic mass is 10.1. The Kier molecular flexibility index (Phi) is 7.16. The zero-order chi connectivity index (χ0) is 22.7. The number of fused-ring (bicyclic) bond motifs is 1. The molecule has 10 heteroatoms. The maximum atomic E-state index is 12.7. The highest BCUT2D eigenvalue weighted by Gasteiger charge is 2.30. The van der Waals surface area contributed by atoms with Gasteiger partial charge < -0.3 is 10.1 Å². The van der Waals surface area contributed by atoms with Gasteiger partial charge in [-0.3, -0.25) is 5.32 Å². The number of hydrogen-bond acceptors (Lipinski definition) is 5. The van der Waals surface area contributed by atoms with E-state index in [0.29, 0.717) is 27.6 Å². The minimum atomic E-state index is -3.70. The second-order valence-corrected chi connectivity index (χ2v) is 11.0. The summed E-state index contributed by atoms with van der Waals surface area (Å²) in [5, 5.41) is 8.04. The zero-order valence-corrected chi connectivity index (χ0v) is 20.8. The van der Waals surface area contributed by atoms with Gasteiger partial charge in [0.1, 0.15) is 6.61 Å². The second-order valence-electron chi connectivity index (χ2n) is 7.52. The molecule has 3 N–H and O–H groups in total. The number of hydrogen-bond donors (Lipinski definition) is 3. The van der Waals surface area contributed by atoms with Crippen LogP contribution in [0.15, 0.2) is 74.5 Å². The van der Waals surface area contributed by atoms with Crippen LogP contribution in [0.4, 0.5) is 10.5 Å². The summed E-state index contributed by atoms with van der Waals surface area (Å²) in [7, 11) is -3.70. The average molecular weight is 583 g/mol. The van der Waals surface area contributed by atoms with Crippen LogP contribution in [0.1, 0.15) is 6.42 Å². The second kappa shape index (κ2) is 9.88. The fourth-order valence-electron chi connectivity index (χ4n) is 3.60. The molecular formula is C22H21Br2N3O4S. The summed E-state index contributed by atoms with van der Waals surface area (Å²) >= 11 is 6.59. The lowest BCUT2D eigenvalue weighted by Gasteiger charge is -2.14. The largest absolute Gasteiger partial charge is 0.448 e. The van der Waals surface area contributed by atoms with E-state index in [2.05, 4.69) is 47.2 Å². The van der Waals surface area contributed by atoms with Gasteiger partial charge in [0.15, 0.2) is 0 Å². The molecule has 3 aromatic rings. The molecule has 0 radical (unpaired) electrons. The SMILES string of the molecule is O=C(Nc1ccc2ccccc2c1)OC[C@H]1C[C@@H](NS(=O)(=O)c2cc(Br)ccc2Br)CN1. The van der Waals surface area contributed by atoms with Gasteiger partial charge in [-0.15, -0.1) is 0 Å². The number of sulfonamides is 1. The Balaban J connectivity index is 1.28. The summed E-state index contributed by atoms with van der Waals surface area (Å²) in [4.78, 5) is 12.4. The van der Waals surface area contributed by atoms with Crippen LogP contribution in [-0.2, 0) is 14.8 Å². The van der Waals surface area contributed by atoms with Gasteiger partial charge in [-0.1, -0.05) is 46.3 Å². The van der Waals surface area contributed by atoms with Crippen molar-refractivity contribution in [2.45, 2.75) is 23.4 Å². The van der Waals surface area contributed by atoms with Crippen LogP contribution < -0.4 is 15.4 Å². The first-order chi connectivity index (χ1) is 15.3. The van der Waals surface area contributed by atoms with E-state index >= 15 is 0 Å². The third-order valence-electron chi connectivity index (χ3n) is 5.14. The molecule has 3 aromatic carbocycles. The van der Waals surface area contributed by atoms with Crippen LogP contribution in [0.5, 0.6) is 0 Å². The van der Waals surface area contributed by atoms with Gasteiger partial charge in [0.05, 0.1) is 4.90 Å². The highest BCUT2D eigenvalue weighted by atomic mass is 79.9. The molecule has 0 aromatic heterocycles. The number of halogens is 2. The van der Waals surface area contributed by atoms with Crippen molar-refractivity contribution in [3.05, 3.63) is 69.6 Å². The molecule has 0 spiro atoms. The number of nitrogens with one attached hydrogen (secondary N) is 3. The topological polar surface area (TPSA) is 96.5 Å². The van der Waals surface area contributed by atoms with E-state index in [-0.39, 0.29) is 23.6 Å². The number of carbonyl (C=O) groups is 1. The average Bonchev–Trinajstić information content (AvgIpc) is 3.20. The third-order valence-corrected chi connectivity index (χ3v) is 8.15. The molecule has 1 heterocycles. The van der Waals surface area contributed by atoms with E-state index in [1.54, 1.807) is 18.2 Å². The summed E-state index contributed by atoms with van der Waals surface area (Å²) < 4.78 is 34.7. The molecule has 1 aliphatic heterocycles. The molecule has 0 bridgehead atoms. The van der Waals surface area contributed by atoms with Gasteiger partial charge in [0.2, 0.25) is 10.0 Å². The maximum absolute atomic E-state index is 12.7. The van der Waals surface area contributed by atoms with Crippen LogP contribution in [0, 0.1) is 0 Å². The van der Waals surface area contributed by atoms with Crippen molar-refractivity contribution < 1.29 is 17.9 Å². The van der Waals surface area contributed by atoms with Crippen molar-refractivity contribution in [3.8, 4) is 0 Å². The zero-order valence-electron chi connectivity index (χ0n) is 16.8. The fraction of sp³-hybridized carbons (Fsp3) is 0.227. The monoisotopic (exact) mass is 581 g/mol. The first-order valence-corrected chi connectivity index (χ1v) is 13.0. The van der Waals surface area contributed by atoms with Gasteiger partial charge in [-0.2, -0.15) is 0 Å². The Morgan fingerprint density at radius 2 is 1.84 bits per heavy atom. The van der Waals surface area contributed by atoms with Gasteiger partial charge in [-0.05, 0) is 63.5 Å². The first-order valence-electron chi connectivity index (χ1n) is 9.93. The molecule has 4 rings (SSSR count). The highest BCUT2D eigenvalue weighted by Crippen LogP contribution is 2.26. The van der Waals surface area contributed by atoms with Gasteiger partial charge in [0.25, 0.3) is 0 Å². The van der Waals surface area contributed by atoms with E-state index < -0.39 is 16.1 Å². The molecule has 2 atom stereocenters. The van der Waals surface area contributed by atoms with Crippen LogP contribution in [0.2, 0.25) is 0 Å². The Hall–Kier alpha value is -1.98. The van der Waals surface area contributed by atoms with Crippen LogP contribution in [0.3, 0.4) is 0 Å². The highest BCUT2D eigenvalue weighted by molar-refractivity contribution is 9.11. The van der Waals surface area contributed by atoms with Crippen molar-refractivity contribution in [1.82, 2.24) is 10.0 Å². The van der Waals surface area contributed by atoms with Crippen LogP contribution >= 0.6 is 31.9 Å². The smallest absolute Gasteiger partial charge is 0.411 e. The molecule has 1 aliphatic rings. The Bertz CT molecular complexity index is 1250. The van der Waals surface area contributed by atoms with Gasteiger partial charge in [-0.25, -0.2) is 17.9 Å². The predicted molar refractivity (Wildman–Crippen MR) is 131 cm³/mol. The molecule has 168 valence electrons. The predicted octanol–water partition coefficient (Wildman–Crippen LogP) is 4.62. The number of ether oxygens (including phenoxy) is 1. The molecule has 0 saturated carbocycles. The summed E-state index contributed by atoms with van der Waals surface area (Å²) in [5.41, 5.74) is 0.651. The number of rotatable bonds is 6. The minimum Gasteiger partial charge on any atom is -0.448 e. The van der Waals surface area contributed by atoms with Crippen molar-refractivity contribution in [1.29, 1.82) is 0 Å². The standard InChI is InChI=1S/C22H21Br2N3O4S/c23-16-6-8-20(24)21(10-16)32(29,30)27-18-11-19(25-12-18)13-31-22(28)26-17-7-5-14-3-1-2-4-15(14)9-17/h1-10,18-19,25,27H,11-13H2,(H,26,28)/t18-,19-/m1/s1. The summed E-state index contributed by atoms with van der Waals surface area (Å²) in [5.74, 6) is 0. The first kappa shape index (κ1) is 23.2. The summed E-state index contributed by atoms with van der Waals surface area (Å²) in [6.45, 7) is 0.587. The molecular weight excluding hydrogens is 562 g/mol. The normalized spacial score (nSPS) is 18.6. The van der Waals surface area contributed by atoms with Gasteiger partial charge >= 0.3 is 6.09 Å². The lowest BCUT2D eigenvalue weighted by Crippen LogP contribution is -2.36. The molecule has 1 fully saturated rings. The fourth-order valence-corrected chi connectivity index (χ4v) is 6.35. The lowest BCUT2D eigenvalue weighted by molar-refractivity contribution is 0.151. The third kappa shape index (κ3) is 5.68. The Morgan fingerprint density at radius 3 is 2.66 bits per heavy atom. The number of amides is 1. The molecule has 1 amide bonds. The van der Waals surface area contributed by atoms with Gasteiger partial charge in [0, 0.05) is 33.3 Å². The van der Waals surface area contributed by atoms with Crippen molar-refractivity contribution >= 4 is 64.4 Å². The molecule has 0 unspecified atom stereocenters. The number of benzene rings is 3. The molecule has 1 saturated heterocycles. The van der Waals surface area contributed by atoms with E-state index in [0.717, 1.165) is 10.8 Å². The Morgan fingerprint density at radius 1 is 1.06 bits per heavy atom. The maximum Gasteiger partial charge on any atom is 0.411 e. The van der Waals surface area contributed by atoms with E-state index in [4.69, 9.17) is 4.74 Å². The van der Waals surface area contributed by atoms with Crippen molar-refractivity contribution in [2.75, 3.05) is 18.5 Å². The van der Waals surface area contributed by atoms with E-state index in [1.807, 2.05) is 42.5 Å². The number of anilines is 1. The summed E-state index contributed by atoms with van der Waals surface area (Å²) in [6, 6.07) is 18.1. The van der Waals surface area contributed by atoms with Crippen LogP contribution in [0.25, 0.3) is 10.8 Å². The summed E-state index contributed by atoms with van der Waals surface area (Å²) in [6.07, 6.45) is -0.0436. The molecule has 0 aliphatic carbocycles. The Labute approximate surface area is 203 Å². The van der Waals surface area contributed by atoms with Crippen molar-refractivity contribution in [2.24, 2.45) is 0 Å². The van der Waals surface area contributed by atoms with E-state index in [9.17, 15) is 13.2 Å². The van der Waals surface area contributed by atoms with E-state index in [1.165, 1.54) is 0 Å².